The van der Waals surface area contributed by atoms with Crippen LogP contribution in [0.4, 0.5) is 0 Å². The Labute approximate surface area is 158 Å². The largest absolute Gasteiger partial charge is 0.357 e. The summed E-state index contributed by atoms with van der Waals surface area (Å²) in [6.45, 7) is 6.56. The topological polar surface area (TPSA) is 43.9 Å². The van der Waals surface area contributed by atoms with E-state index in [1.54, 1.807) is 0 Å². The van der Waals surface area contributed by atoms with Crippen molar-refractivity contribution in [1.29, 1.82) is 0 Å². The molecule has 1 aliphatic rings. The van der Waals surface area contributed by atoms with Gasteiger partial charge in [0.15, 0.2) is 0 Å². The van der Waals surface area contributed by atoms with E-state index in [4.69, 9.17) is 4.99 Å². The van der Waals surface area contributed by atoms with Gasteiger partial charge < -0.3 is 9.97 Å². The van der Waals surface area contributed by atoms with Crippen molar-refractivity contribution in [3.63, 3.8) is 0 Å². The summed E-state index contributed by atoms with van der Waals surface area (Å²) in [5.41, 5.74) is 7.45. The van der Waals surface area contributed by atoms with E-state index in [2.05, 4.69) is 49.1 Å². The zero-order valence-electron chi connectivity index (χ0n) is 15.8. The molecule has 1 saturated carbocycles. The molecule has 3 rings (SSSR count). The first-order chi connectivity index (χ1) is 11.7. The van der Waals surface area contributed by atoms with Gasteiger partial charge in [-0.15, -0.1) is 12.4 Å². The van der Waals surface area contributed by atoms with Gasteiger partial charge in [0.2, 0.25) is 0 Å². The number of hydrogen-bond donors (Lipinski definition) is 2. The van der Waals surface area contributed by atoms with Crippen molar-refractivity contribution >= 4 is 18.6 Å². The summed E-state index contributed by atoms with van der Waals surface area (Å²) in [6.07, 6.45) is 12.4. The molecule has 2 aromatic heterocycles. The van der Waals surface area contributed by atoms with E-state index in [0.29, 0.717) is 6.04 Å². The first kappa shape index (κ1) is 19.8. The molecule has 0 atom stereocenters. The number of aryl methyl sites for hydroxylation is 1. The van der Waals surface area contributed by atoms with Crippen LogP contribution in [-0.2, 0) is 6.42 Å². The van der Waals surface area contributed by atoms with Crippen LogP contribution < -0.4 is 0 Å². The maximum atomic E-state index is 4.92. The highest BCUT2D eigenvalue weighted by atomic mass is 35.5. The predicted molar refractivity (Wildman–Crippen MR) is 110 cm³/mol. The summed E-state index contributed by atoms with van der Waals surface area (Å²) < 4.78 is 0. The Morgan fingerprint density at radius 3 is 2.32 bits per heavy atom. The molecule has 25 heavy (non-hydrogen) atoms. The number of hydrogen-bond acceptors (Lipinski definition) is 1. The third-order valence-electron chi connectivity index (χ3n) is 5.49. The highest BCUT2D eigenvalue weighted by molar-refractivity contribution is 5.85. The minimum atomic E-state index is 0. The van der Waals surface area contributed by atoms with Crippen LogP contribution in [0.15, 0.2) is 17.1 Å². The summed E-state index contributed by atoms with van der Waals surface area (Å²) in [6, 6.07) is 4.86. The molecule has 0 aromatic carbocycles. The third-order valence-corrected chi connectivity index (χ3v) is 5.49. The van der Waals surface area contributed by atoms with Gasteiger partial charge in [-0.1, -0.05) is 39.0 Å². The Morgan fingerprint density at radius 2 is 1.68 bits per heavy atom. The molecule has 3 nitrogen and oxygen atoms in total. The van der Waals surface area contributed by atoms with Crippen LogP contribution in [0.25, 0.3) is 11.4 Å². The van der Waals surface area contributed by atoms with Crippen molar-refractivity contribution in [3.8, 4) is 11.4 Å². The lowest BCUT2D eigenvalue weighted by molar-refractivity contribution is 0.456. The molecule has 0 amide bonds. The van der Waals surface area contributed by atoms with E-state index in [1.165, 1.54) is 73.2 Å². The Kier molecular flexibility index (Phi) is 7.37. The fourth-order valence-electron chi connectivity index (χ4n) is 3.67. The molecule has 0 aliphatic heterocycles. The lowest BCUT2D eigenvalue weighted by atomic mass is 9.97. The summed E-state index contributed by atoms with van der Waals surface area (Å²) >= 11 is 0. The van der Waals surface area contributed by atoms with Gasteiger partial charge in [0.1, 0.15) is 0 Å². The van der Waals surface area contributed by atoms with Crippen LogP contribution >= 0.6 is 12.4 Å². The highest BCUT2D eigenvalue weighted by Crippen LogP contribution is 2.26. The summed E-state index contributed by atoms with van der Waals surface area (Å²) in [7, 11) is 0. The number of halogens is 1. The first-order valence-electron chi connectivity index (χ1n) is 9.59. The maximum absolute atomic E-state index is 4.92. The van der Waals surface area contributed by atoms with Crippen molar-refractivity contribution in [2.24, 2.45) is 4.99 Å². The fourth-order valence-corrected chi connectivity index (χ4v) is 3.67. The quantitative estimate of drug-likeness (QED) is 0.614. The van der Waals surface area contributed by atoms with Crippen LogP contribution in [0.3, 0.4) is 0 Å². The smallest absolute Gasteiger partial charge is 0.0657 e. The molecule has 138 valence electrons. The Hall–Kier alpha value is -1.48. The van der Waals surface area contributed by atoms with Crippen LogP contribution in [0.1, 0.15) is 74.4 Å². The molecule has 0 unspecified atom stereocenters. The number of aliphatic imine (C=N–C) groups is 1. The van der Waals surface area contributed by atoms with E-state index in [9.17, 15) is 0 Å². The lowest BCUT2D eigenvalue weighted by Crippen LogP contribution is -2.07. The molecule has 4 heteroatoms. The Morgan fingerprint density at radius 1 is 1.00 bits per heavy atom. The van der Waals surface area contributed by atoms with Gasteiger partial charge in [-0.3, -0.25) is 4.99 Å². The number of nitrogens with one attached hydrogen (secondary N) is 2. The monoisotopic (exact) mass is 361 g/mol. The molecule has 1 aliphatic carbocycles. The average molecular weight is 362 g/mol. The second-order valence-corrected chi connectivity index (χ2v) is 7.19. The van der Waals surface area contributed by atoms with Gasteiger partial charge in [0.05, 0.1) is 23.1 Å². The van der Waals surface area contributed by atoms with Crippen LogP contribution in [0.2, 0.25) is 0 Å². The zero-order chi connectivity index (χ0) is 16.9. The van der Waals surface area contributed by atoms with Crippen molar-refractivity contribution in [1.82, 2.24) is 9.97 Å². The van der Waals surface area contributed by atoms with Crippen molar-refractivity contribution in [2.45, 2.75) is 78.2 Å². The van der Waals surface area contributed by atoms with Gasteiger partial charge in [0.25, 0.3) is 0 Å². The summed E-state index contributed by atoms with van der Waals surface area (Å²) in [5.74, 6) is 0. The van der Waals surface area contributed by atoms with E-state index in [1.807, 2.05) is 0 Å². The molecule has 0 saturated heterocycles. The first-order valence-corrected chi connectivity index (χ1v) is 9.59. The molecule has 2 aromatic rings. The van der Waals surface area contributed by atoms with Crippen LogP contribution in [0.5, 0.6) is 0 Å². The van der Waals surface area contributed by atoms with Gasteiger partial charge in [-0.2, -0.15) is 0 Å². The normalized spacial score (nSPS) is 16.6. The molecule has 2 heterocycles. The minimum Gasteiger partial charge on any atom is -0.357 e. The summed E-state index contributed by atoms with van der Waals surface area (Å²) in [4.78, 5) is 12.0. The van der Waals surface area contributed by atoms with Gasteiger partial charge in [-0.05, 0) is 56.4 Å². The maximum Gasteiger partial charge on any atom is 0.0657 e. The van der Waals surface area contributed by atoms with Gasteiger partial charge in [0, 0.05) is 11.9 Å². The molecule has 0 spiro atoms. The molecule has 0 radical (unpaired) electrons. The number of nitrogens with zero attached hydrogens (tertiary/aromatic N) is 1. The van der Waals surface area contributed by atoms with Crippen LogP contribution in [0, 0.1) is 13.8 Å². The number of aromatic nitrogens is 2. The molecule has 1 fully saturated rings. The third kappa shape index (κ3) is 4.78. The zero-order valence-corrected chi connectivity index (χ0v) is 16.6. The summed E-state index contributed by atoms with van der Waals surface area (Å²) in [5, 5.41) is 0. The molecule has 2 N–H and O–H groups in total. The molecular formula is C21H32ClN3. The predicted octanol–water partition coefficient (Wildman–Crippen LogP) is 6.14. The van der Waals surface area contributed by atoms with Gasteiger partial charge in [-0.25, -0.2) is 0 Å². The van der Waals surface area contributed by atoms with E-state index in [0.717, 1.165) is 12.1 Å². The standard InChI is InChI=1S/C21H31N3.ClH/c1-4-17-12-13-19(23-17)21-16(3)15(2)20(24-21)14-22-18-10-8-6-5-7-9-11-18;/h12-14,18,23-24H,4-11H2,1-3H3;1H. The SMILES string of the molecule is CCc1ccc(-c2[nH]c(C=NC3CCCCCCC3)c(C)c2C)[nH]1.Cl. The Balaban J connectivity index is 0.00000225. The van der Waals surface area contributed by atoms with Gasteiger partial charge >= 0.3 is 0 Å². The van der Waals surface area contributed by atoms with E-state index in [-0.39, 0.29) is 12.4 Å². The van der Waals surface area contributed by atoms with Crippen molar-refractivity contribution in [3.05, 3.63) is 34.6 Å². The second kappa shape index (κ2) is 9.28. The van der Waals surface area contributed by atoms with E-state index < -0.39 is 0 Å². The number of rotatable bonds is 4. The number of H-pyrrole nitrogens is 2. The average Bonchev–Trinajstić information content (AvgIpc) is 3.13. The molecular weight excluding hydrogens is 330 g/mol. The minimum absolute atomic E-state index is 0. The van der Waals surface area contributed by atoms with Crippen molar-refractivity contribution < 1.29 is 0 Å². The fraction of sp³-hybridized carbons (Fsp3) is 0.571. The second-order valence-electron chi connectivity index (χ2n) is 7.19. The van der Waals surface area contributed by atoms with Crippen molar-refractivity contribution in [2.75, 3.05) is 0 Å². The molecule has 0 bridgehead atoms. The Bertz CT molecular complexity index is 688. The number of aromatic amines is 2. The van der Waals surface area contributed by atoms with Crippen LogP contribution in [-0.4, -0.2) is 22.2 Å². The van der Waals surface area contributed by atoms with E-state index >= 15 is 0 Å². The lowest BCUT2D eigenvalue weighted by Gasteiger charge is -2.15. The highest BCUT2D eigenvalue weighted by Gasteiger charge is 2.14.